The number of amides is 1. The molecule has 0 unspecified atom stereocenters. The Morgan fingerprint density at radius 3 is 2.88 bits per heavy atom. The van der Waals surface area contributed by atoms with E-state index >= 15 is 0 Å². The summed E-state index contributed by atoms with van der Waals surface area (Å²) in [5.74, 6) is 0. The zero-order chi connectivity index (χ0) is 11.8. The summed E-state index contributed by atoms with van der Waals surface area (Å²) in [6, 6.07) is 1.68. The van der Waals surface area contributed by atoms with Crippen LogP contribution in [0.2, 0.25) is 0 Å². The van der Waals surface area contributed by atoms with E-state index in [1.54, 1.807) is 0 Å². The number of ether oxygens (including phenoxy) is 1. The van der Waals surface area contributed by atoms with Crippen LogP contribution in [0.15, 0.2) is 0 Å². The van der Waals surface area contributed by atoms with Crippen LogP contribution in [0.4, 0.5) is 4.79 Å². The number of nitrogens with zero attached hydrogens (tertiary/aromatic N) is 2. The van der Waals surface area contributed by atoms with E-state index in [-0.39, 0.29) is 6.61 Å². The van der Waals surface area contributed by atoms with Crippen LogP contribution < -0.4 is 0 Å². The Kier molecular flexibility index (Phi) is 5.34. The molecule has 5 heteroatoms. The molecule has 1 saturated heterocycles. The second kappa shape index (κ2) is 6.83. The van der Waals surface area contributed by atoms with Crippen LogP contribution in [0.5, 0.6) is 0 Å². The molecule has 0 bridgehead atoms. The molecular formula is C11H16N2O3. The fourth-order valence-electron chi connectivity index (χ4n) is 1.67. The summed E-state index contributed by atoms with van der Waals surface area (Å²) in [6.45, 7) is 0.742. The van der Waals surface area contributed by atoms with Crippen molar-refractivity contribution in [2.45, 2.75) is 38.1 Å². The predicted octanol–water partition coefficient (Wildman–Crippen LogP) is 1.48. The standard InChI is InChI=1S/C11H16N2O3/c12-6-4-2-1-3-5-7-13-10(8-14)9-16-11(13)15/h8,10H,1-5,7,9H2/t10-/m1/s1. The minimum absolute atomic E-state index is 0.177. The van der Waals surface area contributed by atoms with Gasteiger partial charge in [-0.2, -0.15) is 5.26 Å². The Bertz CT molecular complexity index is 285. The topological polar surface area (TPSA) is 70.4 Å². The minimum Gasteiger partial charge on any atom is -0.447 e. The van der Waals surface area contributed by atoms with Crippen molar-refractivity contribution in [3.8, 4) is 6.07 Å². The number of carbonyl (C=O) groups is 2. The van der Waals surface area contributed by atoms with E-state index in [9.17, 15) is 9.59 Å². The Hall–Kier alpha value is -1.57. The molecule has 1 fully saturated rings. The van der Waals surface area contributed by atoms with Crippen LogP contribution in [0.1, 0.15) is 32.1 Å². The number of hydrogen-bond donors (Lipinski definition) is 0. The minimum atomic E-state index is -0.411. The van der Waals surface area contributed by atoms with Crippen LogP contribution in [0.25, 0.3) is 0 Å². The van der Waals surface area contributed by atoms with E-state index in [4.69, 9.17) is 10.00 Å². The highest BCUT2D eigenvalue weighted by atomic mass is 16.6. The first-order valence-electron chi connectivity index (χ1n) is 5.55. The van der Waals surface area contributed by atoms with Gasteiger partial charge in [0.05, 0.1) is 6.07 Å². The van der Waals surface area contributed by atoms with Gasteiger partial charge >= 0.3 is 6.09 Å². The summed E-state index contributed by atoms with van der Waals surface area (Å²) in [5, 5.41) is 8.34. The summed E-state index contributed by atoms with van der Waals surface area (Å²) in [6.07, 6.45) is 4.65. The van der Waals surface area contributed by atoms with Crippen molar-refractivity contribution in [1.29, 1.82) is 5.26 Å². The molecule has 5 nitrogen and oxygen atoms in total. The summed E-state index contributed by atoms with van der Waals surface area (Å²) in [5.41, 5.74) is 0. The van der Waals surface area contributed by atoms with E-state index in [2.05, 4.69) is 6.07 Å². The third-order valence-corrected chi connectivity index (χ3v) is 2.61. The van der Waals surface area contributed by atoms with Crippen LogP contribution in [0.3, 0.4) is 0 Å². The first-order valence-corrected chi connectivity index (χ1v) is 5.55. The van der Waals surface area contributed by atoms with Crippen LogP contribution in [-0.2, 0) is 9.53 Å². The second-order valence-corrected chi connectivity index (χ2v) is 3.80. The van der Waals surface area contributed by atoms with Crippen molar-refractivity contribution >= 4 is 12.4 Å². The van der Waals surface area contributed by atoms with E-state index in [1.807, 2.05) is 0 Å². The maximum Gasteiger partial charge on any atom is 0.410 e. The lowest BCUT2D eigenvalue weighted by atomic mass is 10.1. The largest absolute Gasteiger partial charge is 0.447 e. The Balaban J connectivity index is 2.14. The van der Waals surface area contributed by atoms with Gasteiger partial charge in [0.1, 0.15) is 18.9 Å². The highest BCUT2D eigenvalue weighted by molar-refractivity contribution is 5.76. The van der Waals surface area contributed by atoms with E-state index in [1.165, 1.54) is 4.90 Å². The van der Waals surface area contributed by atoms with Crippen molar-refractivity contribution in [3.05, 3.63) is 0 Å². The van der Waals surface area contributed by atoms with Gasteiger partial charge in [-0.1, -0.05) is 12.8 Å². The Labute approximate surface area is 95.0 Å². The third-order valence-electron chi connectivity index (χ3n) is 2.61. The van der Waals surface area contributed by atoms with Gasteiger partial charge in [-0.15, -0.1) is 0 Å². The van der Waals surface area contributed by atoms with Gasteiger partial charge in [-0.25, -0.2) is 4.79 Å². The number of carbonyl (C=O) groups excluding carboxylic acids is 2. The maximum atomic E-state index is 11.2. The van der Waals surface area contributed by atoms with E-state index < -0.39 is 12.1 Å². The van der Waals surface area contributed by atoms with Crippen molar-refractivity contribution in [3.63, 3.8) is 0 Å². The average Bonchev–Trinajstić information content (AvgIpc) is 2.65. The molecule has 1 heterocycles. The highest BCUT2D eigenvalue weighted by Gasteiger charge is 2.31. The van der Waals surface area contributed by atoms with Crippen molar-refractivity contribution in [2.75, 3.05) is 13.2 Å². The number of rotatable bonds is 7. The predicted molar refractivity (Wildman–Crippen MR) is 56.6 cm³/mol. The maximum absolute atomic E-state index is 11.2. The zero-order valence-corrected chi connectivity index (χ0v) is 9.22. The number of nitriles is 1. The monoisotopic (exact) mass is 224 g/mol. The second-order valence-electron chi connectivity index (χ2n) is 3.80. The lowest BCUT2D eigenvalue weighted by molar-refractivity contribution is -0.111. The molecule has 0 aromatic heterocycles. The molecule has 0 aromatic carbocycles. The van der Waals surface area contributed by atoms with E-state index in [0.29, 0.717) is 13.0 Å². The molecule has 0 saturated carbocycles. The summed E-state index contributed by atoms with van der Waals surface area (Å²) >= 11 is 0. The van der Waals surface area contributed by atoms with Gasteiger partial charge in [0.25, 0.3) is 0 Å². The van der Waals surface area contributed by atoms with E-state index in [0.717, 1.165) is 32.0 Å². The van der Waals surface area contributed by atoms with Crippen LogP contribution in [-0.4, -0.2) is 36.5 Å². The van der Waals surface area contributed by atoms with Gasteiger partial charge in [0.2, 0.25) is 0 Å². The first kappa shape index (κ1) is 12.5. The van der Waals surface area contributed by atoms with Gasteiger partial charge in [0, 0.05) is 13.0 Å². The fraction of sp³-hybridized carbons (Fsp3) is 0.727. The molecule has 1 rings (SSSR count). The molecule has 0 aliphatic carbocycles. The molecule has 88 valence electrons. The normalized spacial score (nSPS) is 19.3. The van der Waals surface area contributed by atoms with Gasteiger partial charge < -0.3 is 9.53 Å². The number of hydrogen-bond acceptors (Lipinski definition) is 4. The zero-order valence-electron chi connectivity index (χ0n) is 9.22. The summed E-state index contributed by atoms with van der Waals surface area (Å²) in [7, 11) is 0. The van der Waals surface area contributed by atoms with Crippen LogP contribution in [0, 0.1) is 11.3 Å². The average molecular weight is 224 g/mol. The lowest BCUT2D eigenvalue weighted by Gasteiger charge is -2.16. The Morgan fingerprint density at radius 2 is 2.19 bits per heavy atom. The lowest BCUT2D eigenvalue weighted by Crippen LogP contribution is -2.35. The highest BCUT2D eigenvalue weighted by Crippen LogP contribution is 2.12. The SMILES string of the molecule is N#CCCCCCCN1C(=O)OC[C@H]1C=O. The van der Waals surface area contributed by atoms with Crippen molar-refractivity contribution in [1.82, 2.24) is 4.90 Å². The fourth-order valence-corrected chi connectivity index (χ4v) is 1.67. The Morgan fingerprint density at radius 1 is 1.44 bits per heavy atom. The molecule has 16 heavy (non-hydrogen) atoms. The number of cyclic esters (lactones) is 1. The van der Waals surface area contributed by atoms with Gasteiger partial charge in [-0.3, -0.25) is 4.90 Å². The first-order chi connectivity index (χ1) is 7.79. The van der Waals surface area contributed by atoms with Crippen molar-refractivity contribution in [2.24, 2.45) is 0 Å². The summed E-state index contributed by atoms with van der Waals surface area (Å²) < 4.78 is 4.78. The number of aldehydes is 1. The van der Waals surface area contributed by atoms with Gasteiger partial charge in [0.15, 0.2) is 0 Å². The molecule has 0 aromatic rings. The molecule has 0 spiro atoms. The summed E-state index contributed by atoms with van der Waals surface area (Å²) in [4.78, 5) is 23.3. The van der Waals surface area contributed by atoms with Gasteiger partial charge in [-0.05, 0) is 12.8 Å². The molecule has 1 aliphatic rings. The molecule has 1 atom stereocenters. The molecular weight excluding hydrogens is 208 g/mol. The third kappa shape index (κ3) is 3.54. The van der Waals surface area contributed by atoms with Crippen LogP contribution >= 0.6 is 0 Å². The molecule has 0 radical (unpaired) electrons. The van der Waals surface area contributed by atoms with Crippen molar-refractivity contribution < 1.29 is 14.3 Å². The quantitative estimate of drug-likeness (QED) is 0.485. The number of unbranched alkanes of at least 4 members (excludes halogenated alkanes) is 4. The molecule has 1 amide bonds. The molecule has 0 N–H and O–H groups in total. The smallest absolute Gasteiger partial charge is 0.410 e. The molecule has 1 aliphatic heterocycles.